The molecule has 0 saturated carbocycles. The fourth-order valence-corrected chi connectivity index (χ4v) is 9.42. The van der Waals surface area contributed by atoms with Crippen molar-refractivity contribution in [3.05, 3.63) is 270 Å². The first-order chi connectivity index (χ1) is 32.7. The normalized spacial score (nSPS) is 14.0. The van der Waals surface area contributed by atoms with E-state index in [9.17, 15) is 0 Å². The van der Waals surface area contributed by atoms with Crippen LogP contribution in [0.25, 0.3) is 62.0 Å². The van der Waals surface area contributed by atoms with E-state index in [0.717, 1.165) is 102 Å². The fourth-order valence-electron chi connectivity index (χ4n) is 9.42. The number of pyridine rings is 1. The summed E-state index contributed by atoms with van der Waals surface area (Å²) in [5.41, 5.74) is 12.8. The molecule has 5 nitrogen and oxygen atoms in total. The molecule has 0 fully saturated rings. The van der Waals surface area contributed by atoms with Crippen LogP contribution in [-0.2, 0) is 5.41 Å². The van der Waals surface area contributed by atoms with Crippen molar-refractivity contribution in [3.8, 4) is 56.5 Å². The molecule has 2 aromatic heterocycles. The van der Waals surface area contributed by atoms with E-state index in [4.69, 9.17) is 24.7 Å². The Balaban J connectivity index is 1.08. The average Bonchev–Trinajstić information content (AvgIpc) is 3.39. The molecule has 11 rings (SSSR count). The van der Waals surface area contributed by atoms with E-state index in [1.807, 2.05) is 36.6 Å². The Bertz CT molecular complexity index is 3340. The highest BCUT2D eigenvalue weighted by molar-refractivity contribution is 5.94. The lowest BCUT2D eigenvalue weighted by atomic mass is 9.63. The molecule has 314 valence electrons. The number of aromatic nitrogens is 4. The van der Waals surface area contributed by atoms with Gasteiger partial charge in [0.25, 0.3) is 0 Å². The van der Waals surface area contributed by atoms with Crippen LogP contribution in [0.15, 0.2) is 242 Å². The third-order valence-corrected chi connectivity index (χ3v) is 12.6. The van der Waals surface area contributed by atoms with Crippen molar-refractivity contribution in [2.45, 2.75) is 18.3 Å². The second kappa shape index (κ2) is 17.6. The van der Waals surface area contributed by atoms with E-state index in [0.29, 0.717) is 17.5 Å². The number of allylic oxidation sites excluding steroid dienone is 8. The second-order valence-electron chi connectivity index (χ2n) is 16.5. The van der Waals surface area contributed by atoms with E-state index in [-0.39, 0.29) is 0 Å². The van der Waals surface area contributed by atoms with Crippen LogP contribution >= 0.6 is 0 Å². The zero-order chi connectivity index (χ0) is 44.3. The third kappa shape index (κ3) is 7.46. The van der Waals surface area contributed by atoms with Crippen LogP contribution in [0.3, 0.4) is 0 Å². The van der Waals surface area contributed by atoms with Crippen molar-refractivity contribution >= 4 is 17.0 Å². The van der Waals surface area contributed by atoms with Crippen LogP contribution in [0.5, 0.6) is 11.5 Å². The number of hydrogen-bond donors (Lipinski definition) is 0. The molecule has 0 spiro atoms. The molecule has 0 saturated heterocycles. The summed E-state index contributed by atoms with van der Waals surface area (Å²) in [4.78, 5) is 20.1. The number of rotatable bonds is 10. The fraction of sp³-hybridized carbons (Fsp3) is 0.0492. The predicted molar refractivity (Wildman–Crippen MR) is 269 cm³/mol. The monoisotopic (exact) mass is 848 g/mol. The summed E-state index contributed by atoms with van der Waals surface area (Å²) < 4.78 is 7.14. The topological polar surface area (TPSA) is 60.8 Å². The highest BCUT2D eigenvalue weighted by atomic mass is 16.5. The van der Waals surface area contributed by atoms with Crippen molar-refractivity contribution in [3.63, 3.8) is 0 Å². The minimum Gasteiger partial charge on any atom is -0.457 e. The molecule has 5 heteroatoms. The van der Waals surface area contributed by atoms with Crippen LogP contribution in [0.2, 0.25) is 0 Å². The van der Waals surface area contributed by atoms with Crippen molar-refractivity contribution in [1.82, 2.24) is 19.9 Å². The first kappa shape index (κ1) is 40.2. The molecule has 2 aliphatic rings. The summed E-state index contributed by atoms with van der Waals surface area (Å²) in [5.74, 6) is 3.14. The lowest BCUT2D eigenvalue weighted by Gasteiger charge is -2.41. The maximum absolute atomic E-state index is 7.14. The average molecular weight is 849 g/mol. The number of fused-ring (bicyclic) bond motifs is 3. The Morgan fingerprint density at radius 2 is 1.17 bits per heavy atom. The standard InChI is InChI=1S/C61H44N4O/c1-2-42(43-18-7-3-8-19-43)22-16-30-57-63-59(47-33-31-45(32-34-47)44-20-9-4-10-21-44)65-60(64-57)49-36-38-54-56(41-49)66-55-40-48(52-29-15-23-46-24-17-39-62-58(46)52)35-37-53(55)61(54,50-25-11-5-12-26-50)51-27-13-6-14-28-51/h2,4-7,9-41H,1,3,8H2/b30-16+,42-22+. The molecule has 0 bridgehead atoms. The summed E-state index contributed by atoms with van der Waals surface area (Å²) in [5, 5.41) is 1.08. The van der Waals surface area contributed by atoms with Crippen molar-refractivity contribution in [2.24, 2.45) is 0 Å². The summed E-state index contributed by atoms with van der Waals surface area (Å²) in [6.07, 6.45) is 18.4. The quantitative estimate of drug-likeness (QED) is 0.128. The van der Waals surface area contributed by atoms with E-state index in [2.05, 4.69) is 201 Å². The second-order valence-corrected chi connectivity index (χ2v) is 16.5. The number of benzene rings is 7. The molecule has 0 N–H and O–H groups in total. The SMILES string of the molecule is C=C/C(=C\C=C\c1nc(-c2ccc(-c3ccccc3)cc2)nc(-c2ccc3c(c2)Oc2cc(-c4cccc5cccnc45)ccc2C3(c2ccccc2)c2ccccc2)n1)C1=CCCC=C1. The van der Waals surface area contributed by atoms with E-state index < -0.39 is 5.41 Å². The lowest BCUT2D eigenvalue weighted by molar-refractivity contribution is 0.435. The van der Waals surface area contributed by atoms with Gasteiger partial charge >= 0.3 is 0 Å². The zero-order valence-electron chi connectivity index (χ0n) is 36.3. The number of nitrogens with zero attached hydrogens (tertiary/aromatic N) is 4. The molecule has 7 aromatic carbocycles. The molecule has 9 aromatic rings. The molecule has 0 radical (unpaired) electrons. The highest BCUT2D eigenvalue weighted by Crippen LogP contribution is 2.56. The molecule has 0 atom stereocenters. The Morgan fingerprint density at radius 3 is 1.85 bits per heavy atom. The molecule has 0 amide bonds. The van der Waals surface area contributed by atoms with Gasteiger partial charge in [0.15, 0.2) is 17.5 Å². The Morgan fingerprint density at radius 1 is 0.561 bits per heavy atom. The largest absolute Gasteiger partial charge is 0.457 e. The first-order valence-electron chi connectivity index (χ1n) is 22.4. The summed E-state index contributed by atoms with van der Waals surface area (Å²) in [6.45, 7) is 4.10. The highest BCUT2D eigenvalue weighted by Gasteiger charge is 2.45. The minimum atomic E-state index is -0.712. The van der Waals surface area contributed by atoms with Gasteiger partial charge < -0.3 is 4.74 Å². The summed E-state index contributed by atoms with van der Waals surface area (Å²) in [6, 6.07) is 63.6. The molecule has 1 aliphatic heterocycles. The van der Waals surface area contributed by atoms with E-state index in [1.54, 1.807) is 0 Å². The number of para-hydroxylation sites is 1. The van der Waals surface area contributed by atoms with Gasteiger partial charge in [-0.25, -0.2) is 15.0 Å². The Labute approximate surface area is 385 Å². The van der Waals surface area contributed by atoms with Crippen molar-refractivity contribution < 1.29 is 4.74 Å². The van der Waals surface area contributed by atoms with Gasteiger partial charge in [-0.3, -0.25) is 4.98 Å². The lowest BCUT2D eigenvalue weighted by Crippen LogP contribution is -2.34. The van der Waals surface area contributed by atoms with Crippen molar-refractivity contribution in [1.29, 1.82) is 0 Å². The van der Waals surface area contributed by atoms with Crippen LogP contribution in [-0.4, -0.2) is 19.9 Å². The maximum atomic E-state index is 7.14. The zero-order valence-corrected chi connectivity index (χ0v) is 36.3. The predicted octanol–water partition coefficient (Wildman–Crippen LogP) is 15.0. The van der Waals surface area contributed by atoms with Gasteiger partial charge in [-0.05, 0) is 76.1 Å². The first-order valence-corrected chi connectivity index (χ1v) is 22.4. The van der Waals surface area contributed by atoms with Crippen LogP contribution in [0.1, 0.15) is 40.9 Å². The van der Waals surface area contributed by atoms with Gasteiger partial charge in [-0.2, -0.15) is 0 Å². The van der Waals surface area contributed by atoms with Gasteiger partial charge in [0, 0.05) is 39.4 Å². The van der Waals surface area contributed by atoms with Gasteiger partial charge in [0.05, 0.1) is 10.9 Å². The molecule has 0 unspecified atom stereocenters. The Kier molecular flexibility index (Phi) is 10.7. The van der Waals surface area contributed by atoms with Gasteiger partial charge in [-0.1, -0.05) is 207 Å². The molecular weight excluding hydrogens is 805 g/mol. The number of ether oxygens (including phenoxy) is 1. The maximum Gasteiger partial charge on any atom is 0.164 e. The molecular formula is C61H44N4O. The van der Waals surface area contributed by atoms with Gasteiger partial charge in [-0.15, -0.1) is 0 Å². The number of hydrogen-bond acceptors (Lipinski definition) is 5. The van der Waals surface area contributed by atoms with Gasteiger partial charge in [0.1, 0.15) is 11.5 Å². The molecule has 3 heterocycles. The summed E-state index contributed by atoms with van der Waals surface area (Å²) >= 11 is 0. The van der Waals surface area contributed by atoms with Crippen molar-refractivity contribution in [2.75, 3.05) is 0 Å². The Hall–Kier alpha value is -8.54. The molecule has 1 aliphatic carbocycles. The smallest absolute Gasteiger partial charge is 0.164 e. The van der Waals surface area contributed by atoms with Gasteiger partial charge in [0.2, 0.25) is 0 Å². The van der Waals surface area contributed by atoms with E-state index >= 15 is 0 Å². The molecule has 66 heavy (non-hydrogen) atoms. The van der Waals surface area contributed by atoms with Crippen LogP contribution in [0.4, 0.5) is 0 Å². The van der Waals surface area contributed by atoms with Crippen LogP contribution in [0, 0.1) is 0 Å². The third-order valence-electron chi connectivity index (χ3n) is 12.6. The summed E-state index contributed by atoms with van der Waals surface area (Å²) in [7, 11) is 0. The van der Waals surface area contributed by atoms with Crippen LogP contribution < -0.4 is 4.74 Å². The minimum absolute atomic E-state index is 0.537. The van der Waals surface area contributed by atoms with E-state index in [1.165, 1.54) is 0 Å².